The number of hydrogen-bond acceptors (Lipinski definition) is 5. The molecule has 134 valence electrons. The molecule has 7 nitrogen and oxygen atoms in total. The lowest BCUT2D eigenvalue weighted by atomic mass is 10.0. The molecule has 0 radical (unpaired) electrons. The molecule has 2 N–H and O–H groups in total. The molecule has 0 aliphatic carbocycles. The van der Waals surface area contributed by atoms with E-state index >= 15 is 0 Å². The number of aromatic amines is 1. The normalized spacial score (nSPS) is 10.9. The molecular formula is C20H18N6O. The number of para-hydroxylation sites is 1. The second-order valence-electron chi connectivity index (χ2n) is 6.15. The zero-order valence-electron chi connectivity index (χ0n) is 14.8. The number of aryl methyl sites for hydroxylation is 1. The van der Waals surface area contributed by atoms with Gasteiger partial charge in [0, 0.05) is 36.3 Å². The highest BCUT2D eigenvalue weighted by molar-refractivity contribution is 6.07. The van der Waals surface area contributed by atoms with Crippen LogP contribution in [0.3, 0.4) is 0 Å². The van der Waals surface area contributed by atoms with Crippen molar-refractivity contribution in [3.8, 4) is 11.3 Å². The van der Waals surface area contributed by atoms with Crippen LogP contribution in [0.2, 0.25) is 0 Å². The lowest BCUT2D eigenvalue weighted by Crippen LogP contribution is -2.26. The van der Waals surface area contributed by atoms with Crippen LogP contribution < -0.4 is 5.32 Å². The third-order valence-electron chi connectivity index (χ3n) is 4.21. The molecule has 0 fully saturated rings. The summed E-state index contributed by atoms with van der Waals surface area (Å²) in [6, 6.07) is 13.2. The maximum atomic E-state index is 12.8. The van der Waals surface area contributed by atoms with E-state index in [4.69, 9.17) is 0 Å². The minimum atomic E-state index is -0.142. The van der Waals surface area contributed by atoms with Gasteiger partial charge in [-0.3, -0.25) is 14.9 Å². The Morgan fingerprint density at radius 3 is 2.70 bits per heavy atom. The number of amides is 1. The van der Waals surface area contributed by atoms with E-state index in [-0.39, 0.29) is 5.91 Å². The fourth-order valence-corrected chi connectivity index (χ4v) is 2.92. The zero-order chi connectivity index (χ0) is 18.6. The van der Waals surface area contributed by atoms with Crippen molar-refractivity contribution in [1.29, 1.82) is 0 Å². The van der Waals surface area contributed by atoms with E-state index in [1.807, 2.05) is 49.4 Å². The topological polar surface area (TPSA) is 96.5 Å². The van der Waals surface area contributed by atoms with Gasteiger partial charge in [0.05, 0.1) is 16.8 Å². The molecule has 0 bridgehead atoms. The number of carbonyl (C=O) groups excluding carboxylic acids is 1. The van der Waals surface area contributed by atoms with E-state index in [0.717, 1.165) is 28.0 Å². The third-order valence-corrected chi connectivity index (χ3v) is 4.21. The maximum Gasteiger partial charge on any atom is 0.252 e. The average molecular weight is 358 g/mol. The van der Waals surface area contributed by atoms with E-state index in [2.05, 4.69) is 30.5 Å². The monoisotopic (exact) mass is 358 g/mol. The standard InChI is InChI=1S/C20H18N6O/c1-13-23-19(26-25-13)8-11-22-20(27)16-12-18(14-6-9-21-10-7-14)24-17-5-3-2-4-15(16)17/h2-7,9-10,12H,8,11H2,1H3,(H,22,27)(H,23,25,26). The van der Waals surface area contributed by atoms with Crippen molar-refractivity contribution < 1.29 is 4.79 Å². The number of hydrogen-bond donors (Lipinski definition) is 2. The van der Waals surface area contributed by atoms with Crippen LogP contribution in [0, 0.1) is 6.92 Å². The van der Waals surface area contributed by atoms with Gasteiger partial charge in [-0.25, -0.2) is 9.97 Å². The Morgan fingerprint density at radius 1 is 1.11 bits per heavy atom. The van der Waals surface area contributed by atoms with Crippen LogP contribution in [0.5, 0.6) is 0 Å². The van der Waals surface area contributed by atoms with Crippen LogP contribution in [-0.4, -0.2) is 37.6 Å². The van der Waals surface area contributed by atoms with Crippen molar-refractivity contribution in [1.82, 2.24) is 30.5 Å². The SMILES string of the molecule is Cc1nc(CCNC(=O)c2cc(-c3ccncc3)nc3ccccc23)n[nH]1. The third kappa shape index (κ3) is 3.67. The molecule has 4 aromatic rings. The smallest absolute Gasteiger partial charge is 0.252 e. The van der Waals surface area contributed by atoms with Gasteiger partial charge in [-0.15, -0.1) is 0 Å². The summed E-state index contributed by atoms with van der Waals surface area (Å²) < 4.78 is 0. The van der Waals surface area contributed by atoms with Gasteiger partial charge in [0.25, 0.3) is 5.91 Å². The first-order valence-corrected chi connectivity index (χ1v) is 8.67. The van der Waals surface area contributed by atoms with E-state index in [1.54, 1.807) is 12.4 Å². The van der Waals surface area contributed by atoms with Crippen molar-refractivity contribution >= 4 is 16.8 Å². The van der Waals surface area contributed by atoms with Crippen molar-refractivity contribution in [2.45, 2.75) is 13.3 Å². The Hall–Kier alpha value is -3.61. The molecule has 0 unspecified atom stereocenters. The molecule has 0 saturated heterocycles. The van der Waals surface area contributed by atoms with Crippen LogP contribution in [0.4, 0.5) is 0 Å². The first-order valence-electron chi connectivity index (χ1n) is 8.67. The number of H-pyrrole nitrogens is 1. The van der Waals surface area contributed by atoms with Gasteiger partial charge in [0.2, 0.25) is 0 Å². The van der Waals surface area contributed by atoms with Gasteiger partial charge in [0.1, 0.15) is 5.82 Å². The fourth-order valence-electron chi connectivity index (χ4n) is 2.92. The largest absolute Gasteiger partial charge is 0.352 e. The number of aromatic nitrogens is 5. The predicted octanol–water partition coefficient (Wildman–Crippen LogP) is 2.70. The summed E-state index contributed by atoms with van der Waals surface area (Å²) in [5.74, 6) is 1.31. The highest BCUT2D eigenvalue weighted by Crippen LogP contribution is 2.24. The molecule has 0 aliphatic heterocycles. The van der Waals surface area contributed by atoms with Gasteiger partial charge in [-0.2, -0.15) is 5.10 Å². The number of fused-ring (bicyclic) bond motifs is 1. The molecule has 0 saturated carbocycles. The predicted molar refractivity (Wildman–Crippen MR) is 102 cm³/mol. The Labute approximate surface area is 155 Å². The molecule has 7 heteroatoms. The van der Waals surface area contributed by atoms with Crippen LogP contribution >= 0.6 is 0 Å². The van der Waals surface area contributed by atoms with Crippen LogP contribution in [0.15, 0.2) is 54.9 Å². The Kier molecular flexibility index (Phi) is 4.57. The highest BCUT2D eigenvalue weighted by atomic mass is 16.1. The summed E-state index contributed by atoms with van der Waals surface area (Å²) in [6.07, 6.45) is 3.99. The number of pyridine rings is 2. The summed E-state index contributed by atoms with van der Waals surface area (Å²) in [4.78, 5) is 25.8. The first kappa shape index (κ1) is 16.8. The molecule has 0 spiro atoms. The second-order valence-corrected chi connectivity index (χ2v) is 6.15. The Bertz CT molecular complexity index is 1090. The number of rotatable bonds is 5. The minimum Gasteiger partial charge on any atom is -0.352 e. The molecule has 0 aliphatic rings. The summed E-state index contributed by atoms with van der Waals surface area (Å²) in [6.45, 7) is 2.30. The minimum absolute atomic E-state index is 0.142. The average Bonchev–Trinajstić information content (AvgIpc) is 3.12. The van der Waals surface area contributed by atoms with Gasteiger partial charge in [-0.1, -0.05) is 18.2 Å². The molecule has 1 aromatic carbocycles. The maximum absolute atomic E-state index is 12.8. The van der Waals surface area contributed by atoms with Crippen molar-refractivity contribution in [2.75, 3.05) is 6.54 Å². The van der Waals surface area contributed by atoms with Crippen LogP contribution in [-0.2, 0) is 6.42 Å². The summed E-state index contributed by atoms with van der Waals surface area (Å²) in [7, 11) is 0. The van der Waals surface area contributed by atoms with Gasteiger partial charge in [-0.05, 0) is 31.2 Å². The summed E-state index contributed by atoms with van der Waals surface area (Å²) in [5.41, 5.74) is 3.03. The van der Waals surface area contributed by atoms with Crippen LogP contribution in [0.25, 0.3) is 22.2 Å². The van der Waals surface area contributed by atoms with E-state index in [9.17, 15) is 4.79 Å². The lowest BCUT2D eigenvalue weighted by molar-refractivity contribution is 0.0955. The zero-order valence-corrected chi connectivity index (χ0v) is 14.8. The van der Waals surface area contributed by atoms with Crippen LogP contribution in [0.1, 0.15) is 22.0 Å². The molecule has 4 rings (SSSR count). The van der Waals surface area contributed by atoms with E-state index < -0.39 is 0 Å². The molecule has 0 atom stereocenters. The van der Waals surface area contributed by atoms with E-state index in [0.29, 0.717) is 24.4 Å². The Balaban J connectivity index is 1.62. The number of nitrogens with zero attached hydrogens (tertiary/aromatic N) is 4. The highest BCUT2D eigenvalue weighted by Gasteiger charge is 2.14. The number of benzene rings is 1. The van der Waals surface area contributed by atoms with E-state index in [1.165, 1.54) is 0 Å². The lowest BCUT2D eigenvalue weighted by Gasteiger charge is -2.10. The summed E-state index contributed by atoms with van der Waals surface area (Å²) in [5, 5.41) is 10.7. The fraction of sp³-hybridized carbons (Fsp3) is 0.150. The summed E-state index contributed by atoms with van der Waals surface area (Å²) >= 11 is 0. The number of nitrogens with one attached hydrogen (secondary N) is 2. The van der Waals surface area contributed by atoms with Crippen molar-refractivity contribution in [2.24, 2.45) is 0 Å². The second kappa shape index (κ2) is 7.33. The van der Waals surface area contributed by atoms with Gasteiger partial charge < -0.3 is 5.32 Å². The van der Waals surface area contributed by atoms with Crippen molar-refractivity contribution in [3.63, 3.8) is 0 Å². The molecule has 1 amide bonds. The van der Waals surface area contributed by atoms with Crippen molar-refractivity contribution in [3.05, 3.63) is 72.1 Å². The molecule has 27 heavy (non-hydrogen) atoms. The molecular weight excluding hydrogens is 340 g/mol. The van der Waals surface area contributed by atoms with Gasteiger partial charge >= 0.3 is 0 Å². The molecule has 3 aromatic heterocycles. The first-order chi connectivity index (χ1) is 13.2. The Morgan fingerprint density at radius 2 is 1.93 bits per heavy atom. The number of carbonyl (C=O) groups is 1. The van der Waals surface area contributed by atoms with Gasteiger partial charge in [0.15, 0.2) is 5.82 Å². The quantitative estimate of drug-likeness (QED) is 0.572. The molecule has 3 heterocycles.